The van der Waals surface area contributed by atoms with Gasteiger partial charge in [-0.1, -0.05) is 12.1 Å². The zero-order valence-electron chi connectivity index (χ0n) is 11.5. The third kappa shape index (κ3) is 3.74. The molecule has 4 nitrogen and oxygen atoms in total. The van der Waals surface area contributed by atoms with Crippen molar-refractivity contribution in [2.75, 3.05) is 13.7 Å². The van der Waals surface area contributed by atoms with E-state index in [0.29, 0.717) is 13.0 Å². The largest absolute Gasteiger partial charge is 0.496 e. The van der Waals surface area contributed by atoms with Gasteiger partial charge >= 0.3 is 0 Å². The Labute approximate surface area is 109 Å². The van der Waals surface area contributed by atoms with Crippen LogP contribution in [-0.2, 0) is 11.2 Å². The first kappa shape index (κ1) is 14.5. The normalized spacial score (nSPS) is 12.1. The highest BCUT2D eigenvalue weighted by Gasteiger charge is 2.10. The molecule has 18 heavy (non-hydrogen) atoms. The number of nitrogens with two attached hydrogens (primary N) is 1. The van der Waals surface area contributed by atoms with Crippen molar-refractivity contribution in [3.63, 3.8) is 0 Å². The fraction of sp³-hybridized carbons (Fsp3) is 0.500. The van der Waals surface area contributed by atoms with Gasteiger partial charge in [0.1, 0.15) is 5.75 Å². The fourth-order valence-electron chi connectivity index (χ4n) is 2.03. The van der Waals surface area contributed by atoms with Gasteiger partial charge in [0.15, 0.2) is 0 Å². The molecule has 100 valence electrons. The highest BCUT2D eigenvalue weighted by Crippen LogP contribution is 2.24. The maximum absolute atomic E-state index is 11.8. The molecule has 1 aromatic carbocycles. The molecule has 0 radical (unpaired) electrons. The Morgan fingerprint density at radius 3 is 2.39 bits per heavy atom. The van der Waals surface area contributed by atoms with Gasteiger partial charge in [-0.2, -0.15) is 0 Å². The molecule has 1 atom stereocenters. The van der Waals surface area contributed by atoms with E-state index in [1.165, 1.54) is 0 Å². The zero-order chi connectivity index (χ0) is 13.7. The second-order valence-corrected chi connectivity index (χ2v) is 4.64. The minimum atomic E-state index is -0.00285. The van der Waals surface area contributed by atoms with Crippen LogP contribution in [0.3, 0.4) is 0 Å². The van der Waals surface area contributed by atoms with Crippen molar-refractivity contribution >= 4 is 5.91 Å². The third-order valence-corrected chi connectivity index (χ3v) is 2.85. The molecule has 0 spiro atoms. The SMILES string of the molecule is COc1c(C)cc(CC(=O)NC(C)CN)cc1C. The molecule has 0 heterocycles. The van der Waals surface area contributed by atoms with E-state index in [1.807, 2.05) is 32.9 Å². The van der Waals surface area contributed by atoms with Gasteiger partial charge < -0.3 is 15.8 Å². The van der Waals surface area contributed by atoms with E-state index in [9.17, 15) is 4.79 Å². The Kier molecular flexibility index (Phi) is 5.16. The minimum Gasteiger partial charge on any atom is -0.496 e. The Hall–Kier alpha value is -1.55. The molecule has 0 fully saturated rings. The van der Waals surface area contributed by atoms with Crippen LogP contribution in [0.4, 0.5) is 0 Å². The summed E-state index contributed by atoms with van der Waals surface area (Å²) >= 11 is 0. The number of carbonyl (C=O) groups is 1. The summed E-state index contributed by atoms with van der Waals surface area (Å²) < 4.78 is 5.30. The molecule has 1 aromatic rings. The van der Waals surface area contributed by atoms with Crippen LogP contribution in [0, 0.1) is 13.8 Å². The highest BCUT2D eigenvalue weighted by molar-refractivity contribution is 5.79. The second kappa shape index (κ2) is 6.40. The number of hydrogen-bond acceptors (Lipinski definition) is 3. The van der Waals surface area contributed by atoms with Crippen molar-refractivity contribution in [3.05, 3.63) is 28.8 Å². The average Bonchev–Trinajstić information content (AvgIpc) is 2.28. The molecule has 1 rings (SSSR count). The minimum absolute atomic E-state index is 0.00285. The maximum Gasteiger partial charge on any atom is 0.224 e. The molecular formula is C14H22N2O2. The summed E-state index contributed by atoms with van der Waals surface area (Å²) in [5.74, 6) is 0.881. The number of hydrogen-bond donors (Lipinski definition) is 2. The van der Waals surface area contributed by atoms with E-state index in [4.69, 9.17) is 10.5 Å². The number of benzene rings is 1. The summed E-state index contributed by atoms with van der Waals surface area (Å²) in [5, 5.41) is 2.85. The molecule has 0 saturated heterocycles. The summed E-state index contributed by atoms with van der Waals surface area (Å²) in [6, 6.07) is 3.98. The van der Waals surface area contributed by atoms with Crippen molar-refractivity contribution < 1.29 is 9.53 Å². The van der Waals surface area contributed by atoms with Gasteiger partial charge in [0, 0.05) is 12.6 Å². The number of rotatable bonds is 5. The predicted molar refractivity (Wildman–Crippen MR) is 72.8 cm³/mol. The number of nitrogens with one attached hydrogen (secondary N) is 1. The average molecular weight is 250 g/mol. The maximum atomic E-state index is 11.8. The van der Waals surface area contributed by atoms with E-state index in [0.717, 1.165) is 22.4 Å². The van der Waals surface area contributed by atoms with Gasteiger partial charge in [-0.3, -0.25) is 4.79 Å². The van der Waals surface area contributed by atoms with Gasteiger partial charge in [0.25, 0.3) is 0 Å². The van der Waals surface area contributed by atoms with E-state index in [1.54, 1.807) is 7.11 Å². The van der Waals surface area contributed by atoms with E-state index in [-0.39, 0.29) is 11.9 Å². The third-order valence-electron chi connectivity index (χ3n) is 2.85. The van der Waals surface area contributed by atoms with Crippen molar-refractivity contribution in [3.8, 4) is 5.75 Å². The smallest absolute Gasteiger partial charge is 0.224 e. The first-order chi connectivity index (χ1) is 8.47. The van der Waals surface area contributed by atoms with Crippen LogP contribution in [0.25, 0.3) is 0 Å². The summed E-state index contributed by atoms with van der Waals surface area (Å²) in [7, 11) is 1.66. The van der Waals surface area contributed by atoms with Gasteiger partial charge in [-0.05, 0) is 37.5 Å². The number of methoxy groups -OCH3 is 1. The Balaban J connectivity index is 2.77. The van der Waals surface area contributed by atoms with Crippen LogP contribution >= 0.6 is 0 Å². The predicted octanol–water partition coefficient (Wildman–Crippen LogP) is 1.32. The van der Waals surface area contributed by atoms with Gasteiger partial charge in [0.2, 0.25) is 5.91 Å². The van der Waals surface area contributed by atoms with Crippen LogP contribution in [-0.4, -0.2) is 25.6 Å². The number of aryl methyl sites for hydroxylation is 2. The molecule has 1 unspecified atom stereocenters. The molecule has 0 aromatic heterocycles. The molecule has 0 aliphatic rings. The number of amides is 1. The van der Waals surface area contributed by atoms with Crippen LogP contribution in [0.5, 0.6) is 5.75 Å². The molecular weight excluding hydrogens is 228 g/mol. The summed E-state index contributed by atoms with van der Waals surface area (Å²) in [6.45, 7) is 6.31. The quantitative estimate of drug-likeness (QED) is 0.828. The highest BCUT2D eigenvalue weighted by atomic mass is 16.5. The molecule has 0 aliphatic heterocycles. The van der Waals surface area contributed by atoms with Gasteiger partial charge in [-0.15, -0.1) is 0 Å². The Bertz CT molecular complexity index is 407. The molecule has 0 bridgehead atoms. The van der Waals surface area contributed by atoms with Gasteiger partial charge in [0.05, 0.1) is 13.5 Å². The molecule has 3 N–H and O–H groups in total. The molecule has 1 amide bonds. The lowest BCUT2D eigenvalue weighted by Crippen LogP contribution is -2.38. The van der Waals surface area contributed by atoms with Crippen molar-refractivity contribution in [2.24, 2.45) is 5.73 Å². The lowest BCUT2D eigenvalue weighted by molar-refractivity contribution is -0.120. The Morgan fingerprint density at radius 2 is 1.94 bits per heavy atom. The van der Waals surface area contributed by atoms with E-state index < -0.39 is 0 Å². The van der Waals surface area contributed by atoms with E-state index in [2.05, 4.69) is 5.32 Å². The van der Waals surface area contributed by atoms with Crippen LogP contribution in [0.15, 0.2) is 12.1 Å². The second-order valence-electron chi connectivity index (χ2n) is 4.64. The number of ether oxygens (including phenoxy) is 1. The molecule has 4 heteroatoms. The summed E-state index contributed by atoms with van der Waals surface area (Å²) in [6.07, 6.45) is 0.371. The zero-order valence-corrected chi connectivity index (χ0v) is 11.5. The lowest BCUT2D eigenvalue weighted by atomic mass is 10.0. The lowest BCUT2D eigenvalue weighted by Gasteiger charge is -2.13. The van der Waals surface area contributed by atoms with Gasteiger partial charge in [-0.25, -0.2) is 0 Å². The van der Waals surface area contributed by atoms with E-state index >= 15 is 0 Å². The summed E-state index contributed by atoms with van der Waals surface area (Å²) in [4.78, 5) is 11.8. The van der Waals surface area contributed by atoms with Crippen LogP contribution in [0.1, 0.15) is 23.6 Å². The topological polar surface area (TPSA) is 64.3 Å². The first-order valence-corrected chi connectivity index (χ1v) is 6.11. The van der Waals surface area contributed by atoms with Crippen molar-refractivity contribution in [1.82, 2.24) is 5.32 Å². The van der Waals surface area contributed by atoms with Crippen molar-refractivity contribution in [2.45, 2.75) is 33.2 Å². The fourth-order valence-corrected chi connectivity index (χ4v) is 2.03. The standard InChI is InChI=1S/C14H22N2O2/c1-9-5-12(6-10(2)14(9)18-4)7-13(17)16-11(3)8-15/h5-6,11H,7-8,15H2,1-4H3,(H,16,17). The monoisotopic (exact) mass is 250 g/mol. The summed E-state index contributed by atoms with van der Waals surface area (Å²) in [5.41, 5.74) is 8.56. The molecule has 0 aliphatic carbocycles. The van der Waals surface area contributed by atoms with Crippen LogP contribution < -0.4 is 15.8 Å². The van der Waals surface area contributed by atoms with Crippen molar-refractivity contribution in [1.29, 1.82) is 0 Å². The number of carbonyl (C=O) groups excluding carboxylic acids is 1. The molecule has 0 saturated carbocycles. The first-order valence-electron chi connectivity index (χ1n) is 6.11. The van der Waals surface area contributed by atoms with Crippen LogP contribution in [0.2, 0.25) is 0 Å². The Morgan fingerprint density at radius 1 is 1.39 bits per heavy atom.